The molecule has 1 aliphatic rings. The summed E-state index contributed by atoms with van der Waals surface area (Å²) < 4.78 is 0. The van der Waals surface area contributed by atoms with Crippen LogP contribution >= 0.6 is 0 Å². The molecule has 0 aliphatic heterocycles. The molecule has 0 radical (unpaired) electrons. The summed E-state index contributed by atoms with van der Waals surface area (Å²) in [5, 5.41) is 14.0. The van der Waals surface area contributed by atoms with E-state index in [1.165, 1.54) is 19.3 Å². The molecule has 0 atom stereocenters. The molecular weight excluding hydrogens is 204 g/mol. The molecule has 1 aliphatic carbocycles. The van der Waals surface area contributed by atoms with E-state index >= 15 is 0 Å². The summed E-state index contributed by atoms with van der Waals surface area (Å²) in [5.74, 6) is 0.750. The van der Waals surface area contributed by atoms with E-state index in [0.717, 1.165) is 23.7 Å². The molecular formula is C12H16N2O2. The number of nitrogens with zero attached hydrogens (tertiary/aromatic N) is 1. The lowest BCUT2D eigenvalue weighted by Gasteiger charge is -2.25. The van der Waals surface area contributed by atoms with Crippen molar-refractivity contribution >= 4 is 11.4 Å². The lowest BCUT2D eigenvalue weighted by atomic mass is 9.85. The number of nitro benzene ring substituents is 1. The van der Waals surface area contributed by atoms with Crippen LogP contribution in [0.5, 0.6) is 0 Å². The largest absolute Gasteiger partial charge is 0.385 e. The van der Waals surface area contributed by atoms with Crippen molar-refractivity contribution in [2.75, 3.05) is 11.9 Å². The van der Waals surface area contributed by atoms with Crippen LogP contribution in [0.1, 0.15) is 24.8 Å². The lowest BCUT2D eigenvalue weighted by molar-refractivity contribution is -0.384. The highest BCUT2D eigenvalue weighted by Gasteiger charge is 2.17. The molecule has 0 heterocycles. The molecule has 16 heavy (non-hydrogen) atoms. The minimum absolute atomic E-state index is 0.163. The Morgan fingerprint density at radius 2 is 2.19 bits per heavy atom. The second-order valence-electron chi connectivity index (χ2n) is 4.49. The fraction of sp³-hybridized carbons (Fsp3) is 0.500. The standard InChI is InChI=1S/C12H16N2O2/c1-9-5-11(7-12(6-9)14(15)16)13-8-10-3-2-4-10/h5-7,10,13H,2-4,8H2,1H3. The first-order valence-electron chi connectivity index (χ1n) is 5.65. The maximum absolute atomic E-state index is 10.7. The van der Waals surface area contributed by atoms with E-state index in [1.807, 2.05) is 13.0 Å². The van der Waals surface area contributed by atoms with Gasteiger partial charge in [-0.25, -0.2) is 0 Å². The number of aryl methyl sites for hydroxylation is 1. The molecule has 86 valence electrons. The average Bonchev–Trinajstić information content (AvgIpc) is 2.14. The minimum Gasteiger partial charge on any atom is -0.385 e. The summed E-state index contributed by atoms with van der Waals surface area (Å²) in [5.41, 5.74) is 1.94. The van der Waals surface area contributed by atoms with Gasteiger partial charge in [-0.15, -0.1) is 0 Å². The van der Waals surface area contributed by atoms with E-state index in [-0.39, 0.29) is 10.6 Å². The predicted molar refractivity (Wildman–Crippen MR) is 63.7 cm³/mol. The molecule has 1 N–H and O–H groups in total. The molecule has 4 heteroatoms. The van der Waals surface area contributed by atoms with Crippen LogP contribution in [0.3, 0.4) is 0 Å². The Morgan fingerprint density at radius 3 is 2.75 bits per heavy atom. The zero-order chi connectivity index (χ0) is 11.5. The van der Waals surface area contributed by atoms with Gasteiger partial charge in [0, 0.05) is 24.4 Å². The number of nitro groups is 1. The molecule has 1 saturated carbocycles. The Morgan fingerprint density at radius 1 is 1.44 bits per heavy atom. The molecule has 4 nitrogen and oxygen atoms in total. The summed E-state index contributed by atoms with van der Waals surface area (Å²) in [6.45, 7) is 2.81. The van der Waals surface area contributed by atoms with Crippen LogP contribution in [0.25, 0.3) is 0 Å². The number of non-ortho nitro benzene ring substituents is 1. The van der Waals surface area contributed by atoms with E-state index in [2.05, 4.69) is 5.32 Å². The summed E-state index contributed by atoms with van der Waals surface area (Å²) in [7, 11) is 0. The van der Waals surface area contributed by atoms with Crippen LogP contribution in [0, 0.1) is 23.0 Å². The molecule has 1 fully saturated rings. The van der Waals surface area contributed by atoms with Crippen LogP contribution in [0.15, 0.2) is 18.2 Å². The smallest absolute Gasteiger partial charge is 0.271 e. The maximum atomic E-state index is 10.7. The maximum Gasteiger partial charge on any atom is 0.271 e. The zero-order valence-corrected chi connectivity index (χ0v) is 9.40. The molecule has 0 bridgehead atoms. The second kappa shape index (κ2) is 4.51. The van der Waals surface area contributed by atoms with Gasteiger partial charge in [0.25, 0.3) is 5.69 Å². The van der Waals surface area contributed by atoms with Gasteiger partial charge >= 0.3 is 0 Å². The number of hydrogen-bond acceptors (Lipinski definition) is 3. The van der Waals surface area contributed by atoms with Crippen molar-refractivity contribution in [1.29, 1.82) is 0 Å². The monoisotopic (exact) mass is 220 g/mol. The number of hydrogen-bond donors (Lipinski definition) is 1. The third kappa shape index (κ3) is 2.51. The van der Waals surface area contributed by atoms with Gasteiger partial charge in [0.05, 0.1) is 4.92 Å². The SMILES string of the molecule is Cc1cc(NCC2CCC2)cc([N+](=O)[O-])c1. The normalized spacial score (nSPS) is 15.6. The molecule has 0 spiro atoms. The Hall–Kier alpha value is -1.58. The highest BCUT2D eigenvalue weighted by molar-refractivity contribution is 5.53. The number of anilines is 1. The van der Waals surface area contributed by atoms with E-state index in [1.54, 1.807) is 12.1 Å². The quantitative estimate of drug-likeness (QED) is 0.626. The fourth-order valence-electron chi connectivity index (χ4n) is 1.93. The van der Waals surface area contributed by atoms with Gasteiger partial charge < -0.3 is 5.32 Å². The third-order valence-electron chi connectivity index (χ3n) is 3.09. The van der Waals surface area contributed by atoms with Gasteiger partial charge in [-0.3, -0.25) is 10.1 Å². The van der Waals surface area contributed by atoms with Crippen LogP contribution in [-0.4, -0.2) is 11.5 Å². The predicted octanol–water partition coefficient (Wildman–Crippen LogP) is 3.12. The highest BCUT2D eigenvalue weighted by atomic mass is 16.6. The third-order valence-corrected chi connectivity index (χ3v) is 3.09. The van der Waals surface area contributed by atoms with Crippen molar-refractivity contribution < 1.29 is 4.92 Å². The van der Waals surface area contributed by atoms with Crippen LogP contribution in [-0.2, 0) is 0 Å². The molecule has 1 aromatic carbocycles. The number of benzene rings is 1. The highest BCUT2D eigenvalue weighted by Crippen LogP contribution is 2.27. The molecule has 0 unspecified atom stereocenters. The zero-order valence-electron chi connectivity index (χ0n) is 9.40. The summed E-state index contributed by atoms with van der Waals surface area (Å²) in [6, 6.07) is 5.14. The van der Waals surface area contributed by atoms with Gasteiger partial charge in [-0.1, -0.05) is 6.42 Å². The minimum atomic E-state index is -0.346. The van der Waals surface area contributed by atoms with E-state index in [0.29, 0.717) is 0 Å². The van der Waals surface area contributed by atoms with Gasteiger partial charge in [-0.2, -0.15) is 0 Å². The molecule has 0 amide bonds. The van der Waals surface area contributed by atoms with Crippen molar-refractivity contribution in [1.82, 2.24) is 0 Å². The van der Waals surface area contributed by atoms with Crippen molar-refractivity contribution in [3.63, 3.8) is 0 Å². The van der Waals surface area contributed by atoms with Crippen molar-refractivity contribution in [2.24, 2.45) is 5.92 Å². The Balaban J connectivity index is 2.04. The van der Waals surface area contributed by atoms with E-state index in [9.17, 15) is 10.1 Å². The number of nitrogens with one attached hydrogen (secondary N) is 1. The Kier molecular flexibility index (Phi) is 3.08. The average molecular weight is 220 g/mol. The summed E-state index contributed by atoms with van der Waals surface area (Å²) in [4.78, 5) is 10.3. The first-order chi connectivity index (χ1) is 7.65. The van der Waals surface area contributed by atoms with E-state index < -0.39 is 0 Å². The topological polar surface area (TPSA) is 55.2 Å². The van der Waals surface area contributed by atoms with Crippen molar-refractivity contribution in [3.05, 3.63) is 33.9 Å². The van der Waals surface area contributed by atoms with Gasteiger partial charge in [0.1, 0.15) is 0 Å². The Bertz CT molecular complexity index is 400. The lowest BCUT2D eigenvalue weighted by Crippen LogP contribution is -2.20. The fourth-order valence-corrected chi connectivity index (χ4v) is 1.93. The van der Waals surface area contributed by atoms with Crippen LogP contribution in [0.2, 0.25) is 0 Å². The first kappa shape index (κ1) is 10.9. The number of rotatable bonds is 4. The van der Waals surface area contributed by atoms with Crippen LogP contribution in [0.4, 0.5) is 11.4 Å². The first-order valence-corrected chi connectivity index (χ1v) is 5.65. The van der Waals surface area contributed by atoms with Gasteiger partial charge in [0.15, 0.2) is 0 Å². The van der Waals surface area contributed by atoms with Crippen molar-refractivity contribution in [3.8, 4) is 0 Å². The molecule has 0 saturated heterocycles. The van der Waals surface area contributed by atoms with Crippen molar-refractivity contribution in [2.45, 2.75) is 26.2 Å². The van der Waals surface area contributed by atoms with E-state index in [4.69, 9.17) is 0 Å². The van der Waals surface area contributed by atoms with Gasteiger partial charge in [0.2, 0.25) is 0 Å². The summed E-state index contributed by atoms with van der Waals surface area (Å²) >= 11 is 0. The van der Waals surface area contributed by atoms with Crippen LogP contribution < -0.4 is 5.32 Å². The second-order valence-corrected chi connectivity index (χ2v) is 4.49. The van der Waals surface area contributed by atoms with Gasteiger partial charge in [-0.05, 0) is 37.3 Å². The molecule has 2 rings (SSSR count). The molecule has 0 aromatic heterocycles. The summed E-state index contributed by atoms with van der Waals surface area (Å²) in [6.07, 6.45) is 3.88. The molecule has 1 aromatic rings. The Labute approximate surface area is 94.8 Å².